The summed E-state index contributed by atoms with van der Waals surface area (Å²) in [6.07, 6.45) is 8.77. The van der Waals surface area contributed by atoms with Gasteiger partial charge in [-0.3, -0.25) is 0 Å². The molecule has 1 rings (SSSR count). The van der Waals surface area contributed by atoms with Crippen molar-refractivity contribution in [1.29, 1.82) is 0 Å². The number of furan rings is 1. The Hall–Kier alpha value is -1.20. The second kappa shape index (κ2) is 4.63. The number of hydrogen-bond donors (Lipinski definition) is 1. The summed E-state index contributed by atoms with van der Waals surface area (Å²) in [6.45, 7) is 0. The summed E-state index contributed by atoms with van der Waals surface area (Å²) in [7, 11) is 1.87. The van der Waals surface area contributed by atoms with Crippen LogP contribution in [0.4, 0.5) is 0 Å². The molecule has 1 atom stereocenters. The maximum absolute atomic E-state index is 5.28. The maximum atomic E-state index is 5.28. The highest BCUT2D eigenvalue weighted by molar-refractivity contribution is 5.03. The van der Waals surface area contributed by atoms with E-state index in [1.54, 1.807) is 6.26 Å². The van der Waals surface area contributed by atoms with Crippen LogP contribution in [-0.4, -0.2) is 13.1 Å². The monoisotopic (exact) mass is 163 g/mol. The van der Waals surface area contributed by atoms with E-state index in [2.05, 4.69) is 11.2 Å². The van der Waals surface area contributed by atoms with Crippen LogP contribution in [0.2, 0.25) is 0 Å². The lowest BCUT2D eigenvalue weighted by atomic mass is 10.1. The van der Waals surface area contributed by atoms with Crippen LogP contribution in [-0.2, 0) is 6.42 Å². The van der Waals surface area contributed by atoms with Crippen LogP contribution in [0.25, 0.3) is 0 Å². The molecule has 1 N–H and O–H groups in total. The van der Waals surface area contributed by atoms with Crippen molar-refractivity contribution in [3.05, 3.63) is 24.2 Å². The van der Waals surface area contributed by atoms with Crippen molar-refractivity contribution in [1.82, 2.24) is 5.32 Å². The molecule has 2 nitrogen and oxygen atoms in total. The van der Waals surface area contributed by atoms with Gasteiger partial charge in [-0.25, -0.2) is 0 Å². The quantitative estimate of drug-likeness (QED) is 0.679. The lowest BCUT2D eigenvalue weighted by molar-refractivity contribution is 0.489. The molecular formula is C10H13NO. The molecule has 0 aliphatic heterocycles. The fourth-order valence-electron chi connectivity index (χ4n) is 1.05. The van der Waals surface area contributed by atoms with Crippen molar-refractivity contribution in [2.75, 3.05) is 7.05 Å². The van der Waals surface area contributed by atoms with Crippen LogP contribution in [0.1, 0.15) is 12.2 Å². The van der Waals surface area contributed by atoms with E-state index in [0.717, 1.165) is 18.6 Å². The molecule has 0 aliphatic rings. The molecule has 0 aromatic carbocycles. The van der Waals surface area contributed by atoms with Crippen LogP contribution < -0.4 is 5.32 Å². The molecule has 2 heteroatoms. The standard InChI is InChI=1S/C10H13NO/c1-3-9(11-2)6-7-10-5-4-8-12-10/h1,4-5,8-9,11H,6-7H2,2H3. The van der Waals surface area contributed by atoms with Gasteiger partial charge in [-0.1, -0.05) is 5.92 Å². The molecule has 0 amide bonds. The minimum Gasteiger partial charge on any atom is -0.469 e. The number of rotatable bonds is 4. The number of nitrogens with one attached hydrogen (secondary N) is 1. The Kier molecular flexibility index (Phi) is 3.43. The third-order valence-corrected chi connectivity index (χ3v) is 1.81. The number of hydrogen-bond acceptors (Lipinski definition) is 2. The molecule has 1 aromatic heterocycles. The number of terminal acetylenes is 1. The first-order valence-corrected chi connectivity index (χ1v) is 4.02. The molecule has 0 fully saturated rings. The third-order valence-electron chi connectivity index (χ3n) is 1.81. The van der Waals surface area contributed by atoms with Gasteiger partial charge in [-0.15, -0.1) is 6.42 Å². The fourth-order valence-corrected chi connectivity index (χ4v) is 1.05. The zero-order chi connectivity index (χ0) is 8.81. The Labute approximate surface area is 73.0 Å². The summed E-state index contributed by atoms with van der Waals surface area (Å²) in [5, 5.41) is 3.04. The van der Waals surface area contributed by atoms with E-state index < -0.39 is 0 Å². The summed E-state index contributed by atoms with van der Waals surface area (Å²) in [6, 6.07) is 4.00. The molecule has 12 heavy (non-hydrogen) atoms. The minimum absolute atomic E-state index is 0.148. The van der Waals surface area contributed by atoms with E-state index >= 15 is 0 Å². The highest BCUT2D eigenvalue weighted by Crippen LogP contribution is 2.04. The Morgan fingerprint density at radius 3 is 3.08 bits per heavy atom. The predicted molar refractivity (Wildman–Crippen MR) is 48.7 cm³/mol. The molecule has 1 aromatic rings. The van der Waals surface area contributed by atoms with E-state index in [-0.39, 0.29) is 6.04 Å². The van der Waals surface area contributed by atoms with Crippen LogP contribution in [0.5, 0.6) is 0 Å². The smallest absolute Gasteiger partial charge is 0.103 e. The second-order valence-corrected chi connectivity index (χ2v) is 2.63. The molecule has 0 spiro atoms. The summed E-state index contributed by atoms with van der Waals surface area (Å²) in [5.74, 6) is 3.65. The highest BCUT2D eigenvalue weighted by Gasteiger charge is 2.02. The summed E-state index contributed by atoms with van der Waals surface area (Å²) < 4.78 is 5.18. The third kappa shape index (κ3) is 2.44. The average molecular weight is 163 g/mol. The van der Waals surface area contributed by atoms with E-state index in [4.69, 9.17) is 10.8 Å². The van der Waals surface area contributed by atoms with E-state index in [1.165, 1.54) is 0 Å². The largest absolute Gasteiger partial charge is 0.469 e. The Morgan fingerprint density at radius 1 is 1.75 bits per heavy atom. The first-order valence-electron chi connectivity index (χ1n) is 4.02. The summed E-state index contributed by atoms with van der Waals surface area (Å²) >= 11 is 0. The average Bonchev–Trinajstić information content (AvgIpc) is 2.59. The van der Waals surface area contributed by atoms with Crippen LogP contribution in [0.15, 0.2) is 22.8 Å². The van der Waals surface area contributed by atoms with Gasteiger partial charge in [0, 0.05) is 6.42 Å². The molecule has 0 bridgehead atoms. The zero-order valence-corrected chi connectivity index (χ0v) is 7.21. The minimum atomic E-state index is 0.148. The van der Waals surface area contributed by atoms with Crippen molar-refractivity contribution >= 4 is 0 Å². The van der Waals surface area contributed by atoms with Gasteiger partial charge in [0.25, 0.3) is 0 Å². The lowest BCUT2D eigenvalue weighted by Gasteiger charge is -2.06. The van der Waals surface area contributed by atoms with Crippen LogP contribution >= 0.6 is 0 Å². The van der Waals surface area contributed by atoms with Gasteiger partial charge in [0.2, 0.25) is 0 Å². The second-order valence-electron chi connectivity index (χ2n) is 2.63. The molecule has 1 unspecified atom stereocenters. The maximum Gasteiger partial charge on any atom is 0.103 e. The van der Waals surface area contributed by atoms with Gasteiger partial charge < -0.3 is 9.73 Å². The van der Waals surface area contributed by atoms with E-state index in [9.17, 15) is 0 Å². The first-order chi connectivity index (χ1) is 5.86. The van der Waals surface area contributed by atoms with Gasteiger partial charge in [0.15, 0.2) is 0 Å². The molecule has 0 saturated heterocycles. The van der Waals surface area contributed by atoms with Gasteiger partial charge in [-0.2, -0.15) is 0 Å². The SMILES string of the molecule is C#CC(CCc1ccco1)NC. The van der Waals surface area contributed by atoms with Gasteiger partial charge in [0.05, 0.1) is 12.3 Å². The molecule has 0 radical (unpaired) electrons. The van der Waals surface area contributed by atoms with Crippen LogP contribution in [0, 0.1) is 12.3 Å². The Bertz CT molecular complexity index is 245. The molecule has 0 saturated carbocycles. The summed E-state index contributed by atoms with van der Waals surface area (Å²) in [5.41, 5.74) is 0. The molecule has 0 aliphatic carbocycles. The van der Waals surface area contributed by atoms with Crippen molar-refractivity contribution in [3.8, 4) is 12.3 Å². The topological polar surface area (TPSA) is 25.2 Å². The van der Waals surface area contributed by atoms with Gasteiger partial charge >= 0.3 is 0 Å². The molecule has 64 valence electrons. The van der Waals surface area contributed by atoms with Gasteiger partial charge in [0.1, 0.15) is 5.76 Å². The fraction of sp³-hybridized carbons (Fsp3) is 0.400. The predicted octanol–water partition coefficient (Wildman–Crippen LogP) is 1.43. The van der Waals surface area contributed by atoms with Crippen molar-refractivity contribution in [3.63, 3.8) is 0 Å². The number of aryl methyl sites for hydroxylation is 1. The van der Waals surface area contributed by atoms with Crippen LogP contribution in [0.3, 0.4) is 0 Å². The summed E-state index contributed by atoms with van der Waals surface area (Å²) in [4.78, 5) is 0. The first kappa shape index (κ1) is 8.89. The van der Waals surface area contributed by atoms with E-state index in [0.29, 0.717) is 0 Å². The van der Waals surface area contributed by atoms with Gasteiger partial charge in [-0.05, 0) is 25.6 Å². The highest BCUT2D eigenvalue weighted by atomic mass is 16.3. The normalized spacial score (nSPS) is 12.3. The Balaban J connectivity index is 2.31. The molecular weight excluding hydrogens is 150 g/mol. The lowest BCUT2D eigenvalue weighted by Crippen LogP contribution is -2.23. The zero-order valence-electron chi connectivity index (χ0n) is 7.21. The van der Waals surface area contributed by atoms with Crippen molar-refractivity contribution in [2.24, 2.45) is 0 Å². The van der Waals surface area contributed by atoms with Crippen molar-refractivity contribution < 1.29 is 4.42 Å². The molecule has 1 heterocycles. The van der Waals surface area contributed by atoms with Crippen molar-refractivity contribution in [2.45, 2.75) is 18.9 Å². The van der Waals surface area contributed by atoms with E-state index in [1.807, 2.05) is 19.2 Å². The Morgan fingerprint density at radius 2 is 2.58 bits per heavy atom.